The number of ether oxygens (including phenoxy) is 2. The van der Waals surface area contributed by atoms with E-state index in [-0.39, 0.29) is 6.61 Å². The van der Waals surface area contributed by atoms with Gasteiger partial charge in [-0.05, 0) is 40.2 Å². The number of hydrogen-bond acceptors (Lipinski definition) is 5. The Morgan fingerprint density at radius 3 is 2.08 bits per heavy atom. The molecule has 0 bridgehead atoms. The van der Waals surface area contributed by atoms with E-state index in [9.17, 15) is 14.7 Å². The van der Waals surface area contributed by atoms with Crippen molar-refractivity contribution >= 4 is 12.2 Å². The summed E-state index contributed by atoms with van der Waals surface area (Å²) in [6.45, 7) is 8.65. The predicted molar refractivity (Wildman–Crippen MR) is 94.1 cm³/mol. The maximum absolute atomic E-state index is 11.8. The molecule has 3 N–H and O–H groups in total. The molecule has 0 heterocycles. The van der Waals surface area contributed by atoms with Crippen LogP contribution in [0.5, 0.6) is 0 Å². The van der Waals surface area contributed by atoms with Crippen molar-refractivity contribution in [3.8, 4) is 0 Å². The quantitative estimate of drug-likeness (QED) is 0.731. The number of aliphatic hydroxyl groups is 1. The van der Waals surface area contributed by atoms with E-state index in [1.165, 1.54) is 0 Å². The van der Waals surface area contributed by atoms with Crippen LogP contribution in [-0.4, -0.2) is 41.1 Å². The molecule has 7 heteroatoms. The average molecular weight is 352 g/mol. The van der Waals surface area contributed by atoms with Crippen LogP contribution in [0.3, 0.4) is 0 Å². The van der Waals surface area contributed by atoms with Gasteiger partial charge >= 0.3 is 12.2 Å². The first kappa shape index (κ1) is 20.8. The molecule has 7 nitrogen and oxygen atoms in total. The molecule has 0 aromatic heterocycles. The van der Waals surface area contributed by atoms with Crippen molar-refractivity contribution in [3.05, 3.63) is 35.9 Å². The monoisotopic (exact) mass is 352 g/mol. The van der Waals surface area contributed by atoms with Crippen LogP contribution in [0, 0.1) is 0 Å². The normalized spacial score (nSPS) is 14.8. The highest BCUT2D eigenvalue weighted by molar-refractivity contribution is 5.68. The number of benzene rings is 1. The molecule has 0 aliphatic rings. The van der Waals surface area contributed by atoms with E-state index in [0.717, 1.165) is 5.56 Å². The fourth-order valence-electron chi connectivity index (χ4n) is 2.05. The summed E-state index contributed by atoms with van der Waals surface area (Å²) >= 11 is 0. The van der Waals surface area contributed by atoms with Crippen LogP contribution in [0.4, 0.5) is 9.59 Å². The largest absolute Gasteiger partial charge is 0.445 e. The summed E-state index contributed by atoms with van der Waals surface area (Å²) in [6.07, 6.45) is -2.27. The van der Waals surface area contributed by atoms with Crippen LogP contribution in [0.15, 0.2) is 30.3 Å². The minimum Gasteiger partial charge on any atom is -0.445 e. The molecular weight excluding hydrogens is 324 g/mol. The topological polar surface area (TPSA) is 96.9 Å². The van der Waals surface area contributed by atoms with Gasteiger partial charge in [0.2, 0.25) is 0 Å². The van der Waals surface area contributed by atoms with Crippen LogP contribution in [-0.2, 0) is 16.1 Å². The molecule has 0 saturated heterocycles. The molecule has 0 unspecified atom stereocenters. The van der Waals surface area contributed by atoms with Gasteiger partial charge in [-0.3, -0.25) is 0 Å². The van der Waals surface area contributed by atoms with Gasteiger partial charge in [0.15, 0.2) is 0 Å². The van der Waals surface area contributed by atoms with Gasteiger partial charge in [-0.2, -0.15) is 0 Å². The molecular formula is C18H28N2O5. The van der Waals surface area contributed by atoms with Crippen LogP contribution in [0.25, 0.3) is 0 Å². The zero-order valence-electron chi connectivity index (χ0n) is 15.4. The number of nitrogens with one attached hydrogen (secondary N) is 2. The van der Waals surface area contributed by atoms with Crippen LogP contribution in [0.1, 0.15) is 40.2 Å². The summed E-state index contributed by atoms with van der Waals surface area (Å²) in [5, 5.41) is 15.3. The van der Waals surface area contributed by atoms with E-state index >= 15 is 0 Å². The first-order valence-corrected chi connectivity index (χ1v) is 8.23. The third-order valence-corrected chi connectivity index (χ3v) is 3.33. The van der Waals surface area contributed by atoms with Gasteiger partial charge in [-0.25, -0.2) is 9.59 Å². The number of rotatable bonds is 6. The lowest BCUT2D eigenvalue weighted by Gasteiger charge is -2.27. The minimum absolute atomic E-state index is 0.140. The summed E-state index contributed by atoms with van der Waals surface area (Å²) in [5.41, 5.74) is 0.241. The molecule has 1 aromatic carbocycles. The summed E-state index contributed by atoms with van der Waals surface area (Å²) in [6, 6.07) is 8.05. The van der Waals surface area contributed by atoms with E-state index in [0.29, 0.717) is 0 Å². The zero-order valence-corrected chi connectivity index (χ0v) is 15.4. The third kappa shape index (κ3) is 8.39. The second kappa shape index (κ2) is 9.27. The number of alkyl carbamates (subject to hydrolysis) is 2. The average Bonchev–Trinajstić information content (AvgIpc) is 2.51. The molecule has 0 aliphatic carbocycles. The first-order chi connectivity index (χ1) is 11.6. The predicted octanol–water partition coefficient (Wildman–Crippen LogP) is 2.58. The Morgan fingerprint density at radius 1 is 1.04 bits per heavy atom. The Balaban J connectivity index is 2.40. The highest BCUT2D eigenvalue weighted by Gasteiger charge is 2.26. The number of carbonyl (C=O) groups is 2. The fourth-order valence-corrected chi connectivity index (χ4v) is 2.05. The second-order valence-electron chi connectivity index (χ2n) is 6.92. The third-order valence-electron chi connectivity index (χ3n) is 3.33. The number of carbonyl (C=O) groups excluding carboxylic acids is 2. The summed E-state index contributed by atoms with van der Waals surface area (Å²) in [5.74, 6) is 0. The van der Waals surface area contributed by atoms with E-state index in [4.69, 9.17) is 9.47 Å². The SMILES string of the molecule is C[C@H](NC(=O)OC(C)(C)C)[C@@H](O)[C@@H](C)NC(=O)OCc1ccccc1. The number of hydrogen-bond donors (Lipinski definition) is 3. The smallest absolute Gasteiger partial charge is 0.407 e. The van der Waals surface area contributed by atoms with Gasteiger partial charge in [0.25, 0.3) is 0 Å². The van der Waals surface area contributed by atoms with Crippen molar-refractivity contribution in [3.63, 3.8) is 0 Å². The van der Waals surface area contributed by atoms with Crippen molar-refractivity contribution in [2.75, 3.05) is 0 Å². The van der Waals surface area contributed by atoms with E-state index in [1.807, 2.05) is 30.3 Å². The van der Waals surface area contributed by atoms with Crippen LogP contribution < -0.4 is 10.6 Å². The molecule has 3 atom stereocenters. The Hall–Kier alpha value is -2.28. The van der Waals surface area contributed by atoms with Crippen LogP contribution >= 0.6 is 0 Å². The zero-order chi connectivity index (χ0) is 19.0. The summed E-state index contributed by atoms with van der Waals surface area (Å²) in [7, 11) is 0. The highest BCUT2D eigenvalue weighted by atomic mass is 16.6. The Kier molecular flexibility index (Phi) is 7.70. The Bertz CT molecular complexity index is 556. The standard InChI is InChI=1S/C18H28N2O5/c1-12(15(21)13(2)20-17(23)25-18(3,4)5)19-16(22)24-11-14-9-7-6-8-10-14/h6-10,12-13,15,21H,11H2,1-5H3,(H,19,22)(H,20,23)/t12-,13+,15+/m1/s1. The second-order valence-corrected chi connectivity index (χ2v) is 6.92. The van der Waals surface area contributed by atoms with E-state index in [1.54, 1.807) is 34.6 Å². The Morgan fingerprint density at radius 2 is 1.56 bits per heavy atom. The van der Waals surface area contributed by atoms with Crippen molar-refractivity contribution in [2.24, 2.45) is 0 Å². The van der Waals surface area contributed by atoms with Crippen LogP contribution in [0.2, 0.25) is 0 Å². The van der Waals surface area contributed by atoms with Gasteiger partial charge in [0.1, 0.15) is 12.2 Å². The summed E-state index contributed by atoms with van der Waals surface area (Å²) < 4.78 is 10.2. The number of amides is 2. The summed E-state index contributed by atoms with van der Waals surface area (Å²) in [4.78, 5) is 23.5. The molecule has 0 spiro atoms. The molecule has 0 aliphatic heterocycles. The molecule has 25 heavy (non-hydrogen) atoms. The molecule has 2 amide bonds. The lowest BCUT2D eigenvalue weighted by Crippen LogP contribution is -2.52. The van der Waals surface area contributed by atoms with E-state index in [2.05, 4.69) is 10.6 Å². The van der Waals surface area contributed by atoms with Gasteiger partial charge in [-0.1, -0.05) is 30.3 Å². The van der Waals surface area contributed by atoms with Gasteiger partial charge in [0.05, 0.1) is 18.2 Å². The van der Waals surface area contributed by atoms with E-state index < -0.39 is 36.0 Å². The molecule has 1 aromatic rings. The molecule has 0 radical (unpaired) electrons. The van der Waals surface area contributed by atoms with Crippen molar-refractivity contribution < 1.29 is 24.2 Å². The maximum atomic E-state index is 11.8. The molecule has 0 saturated carbocycles. The van der Waals surface area contributed by atoms with Gasteiger partial charge < -0.3 is 25.2 Å². The first-order valence-electron chi connectivity index (χ1n) is 8.23. The molecule has 140 valence electrons. The number of aliphatic hydroxyl groups excluding tert-OH is 1. The Labute approximate surface area is 148 Å². The fraction of sp³-hybridized carbons (Fsp3) is 0.556. The van der Waals surface area contributed by atoms with Crippen molar-refractivity contribution in [2.45, 2.75) is 65.0 Å². The van der Waals surface area contributed by atoms with Gasteiger partial charge in [-0.15, -0.1) is 0 Å². The molecule has 1 rings (SSSR count). The van der Waals surface area contributed by atoms with Gasteiger partial charge in [0, 0.05) is 0 Å². The maximum Gasteiger partial charge on any atom is 0.407 e. The van der Waals surface area contributed by atoms with Crippen molar-refractivity contribution in [1.29, 1.82) is 0 Å². The molecule has 0 fully saturated rings. The lowest BCUT2D eigenvalue weighted by atomic mass is 10.1. The highest BCUT2D eigenvalue weighted by Crippen LogP contribution is 2.08. The van der Waals surface area contributed by atoms with Crippen molar-refractivity contribution in [1.82, 2.24) is 10.6 Å². The lowest BCUT2D eigenvalue weighted by molar-refractivity contribution is 0.0397. The minimum atomic E-state index is -1.00.